The summed E-state index contributed by atoms with van der Waals surface area (Å²) >= 11 is 1.73. The molecular formula is C19H22N6S. The second-order valence-electron chi connectivity index (χ2n) is 6.60. The van der Waals surface area contributed by atoms with Gasteiger partial charge in [-0.1, -0.05) is 6.07 Å². The number of rotatable bonds is 5. The molecule has 0 amide bonds. The molecule has 1 aliphatic heterocycles. The molecule has 0 unspecified atom stereocenters. The van der Waals surface area contributed by atoms with Crippen LogP contribution in [-0.4, -0.2) is 37.9 Å². The Balaban J connectivity index is 1.45. The lowest BCUT2D eigenvalue weighted by Gasteiger charge is -2.31. The first-order valence-corrected chi connectivity index (χ1v) is 9.77. The minimum atomic E-state index is 0.424. The maximum absolute atomic E-state index is 4.65. The topological polar surface area (TPSA) is 66.8 Å². The van der Waals surface area contributed by atoms with Crippen molar-refractivity contribution in [3.05, 3.63) is 58.6 Å². The molecule has 1 N–H and O–H groups in total. The highest BCUT2D eigenvalue weighted by atomic mass is 32.1. The molecule has 3 aromatic heterocycles. The molecule has 0 atom stereocenters. The van der Waals surface area contributed by atoms with Crippen LogP contribution in [0.15, 0.2) is 42.4 Å². The first-order valence-electron chi connectivity index (χ1n) is 8.89. The van der Waals surface area contributed by atoms with E-state index in [1.165, 1.54) is 4.88 Å². The van der Waals surface area contributed by atoms with Crippen LogP contribution in [0.5, 0.6) is 0 Å². The van der Waals surface area contributed by atoms with Crippen LogP contribution in [0.2, 0.25) is 0 Å². The molecule has 1 aliphatic rings. The van der Waals surface area contributed by atoms with Crippen molar-refractivity contribution in [1.29, 1.82) is 0 Å². The highest BCUT2D eigenvalue weighted by Gasteiger charge is 2.24. The first-order chi connectivity index (χ1) is 12.8. The van der Waals surface area contributed by atoms with E-state index in [-0.39, 0.29) is 0 Å². The van der Waals surface area contributed by atoms with Gasteiger partial charge in [0, 0.05) is 42.1 Å². The Bertz CT molecular complexity index is 843. The van der Waals surface area contributed by atoms with Crippen molar-refractivity contribution >= 4 is 23.0 Å². The van der Waals surface area contributed by atoms with Crippen LogP contribution >= 0.6 is 11.3 Å². The third-order valence-corrected chi connectivity index (χ3v) is 5.57. The van der Waals surface area contributed by atoms with Gasteiger partial charge >= 0.3 is 0 Å². The Hall–Kier alpha value is -2.38. The predicted molar refractivity (Wildman–Crippen MR) is 104 cm³/mol. The highest BCUT2D eigenvalue weighted by molar-refractivity contribution is 7.09. The normalized spacial score (nSPS) is 15.9. The van der Waals surface area contributed by atoms with Gasteiger partial charge in [0.05, 0.1) is 11.2 Å². The zero-order valence-corrected chi connectivity index (χ0v) is 15.6. The van der Waals surface area contributed by atoms with Crippen molar-refractivity contribution in [2.75, 3.05) is 18.4 Å². The van der Waals surface area contributed by atoms with Gasteiger partial charge in [-0.3, -0.25) is 14.9 Å². The molecule has 0 aromatic carbocycles. The summed E-state index contributed by atoms with van der Waals surface area (Å²) in [5, 5.41) is 3.38. The predicted octanol–water partition coefficient (Wildman–Crippen LogP) is 3.76. The summed E-state index contributed by atoms with van der Waals surface area (Å²) in [6, 6.07) is 3.99. The fraction of sp³-hybridized carbons (Fsp3) is 0.368. The molecule has 7 heteroatoms. The fourth-order valence-corrected chi connectivity index (χ4v) is 4.01. The number of anilines is 2. The van der Waals surface area contributed by atoms with E-state index >= 15 is 0 Å². The molecule has 4 rings (SSSR count). The number of piperidine rings is 1. The maximum Gasteiger partial charge on any atom is 0.153 e. The summed E-state index contributed by atoms with van der Waals surface area (Å²) in [6.45, 7) is 5.18. The molecule has 0 radical (unpaired) electrons. The molecule has 0 spiro atoms. The molecule has 1 fully saturated rings. The van der Waals surface area contributed by atoms with E-state index in [1.807, 2.05) is 30.8 Å². The molecule has 1 saturated heterocycles. The smallest absolute Gasteiger partial charge is 0.153 e. The average Bonchev–Trinajstić information content (AvgIpc) is 3.18. The van der Waals surface area contributed by atoms with Gasteiger partial charge in [0.25, 0.3) is 0 Å². The minimum absolute atomic E-state index is 0.424. The molecule has 6 nitrogen and oxygen atoms in total. The van der Waals surface area contributed by atoms with Gasteiger partial charge in [0.15, 0.2) is 5.82 Å². The molecule has 0 bridgehead atoms. The molecule has 134 valence electrons. The third kappa shape index (κ3) is 3.89. The lowest BCUT2D eigenvalue weighted by molar-refractivity contribution is 0.205. The summed E-state index contributed by atoms with van der Waals surface area (Å²) < 4.78 is 0. The van der Waals surface area contributed by atoms with Crippen LogP contribution in [0.25, 0.3) is 0 Å². The largest absolute Gasteiger partial charge is 0.323 e. The van der Waals surface area contributed by atoms with Crippen LogP contribution in [0.1, 0.15) is 34.9 Å². The van der Waals surface area contributed by atoms with Crippen molar-refractivity contribution in [2.45, 2.75) is 32.2 Å². The molecule has 4 heterocycles. The van der Waals surface area contributed by atoms with E-state index < -0.39 is 0 Å². The average molecular weight is 366 g/mol. The van der Waals surface area contributed by atoms with Crippen molar-refractivity contribution in [1.82, 2.24) is 24.8 Å². The summed E-state index contributed by atoms with van der Waals surface area (Å²) in [5.41, 5.74) is 4.05. The number of nitrogens with one attached hydrogen (secondary N) is 1. The fourth-order valence-electron chi connectivity index (χ4n) is 3.38. The van der Waals surface area contributed by atoms with Crippen molar-refractivity contribution in [3.8, 4) is 0 Å². The zero-order chi connectivity index (χ0) is 17.8. The monoisotopic (exact) mass is 366 g/mol. The van der Waals surface area contributed by atoms with Gasteiger partial charge in [-0.15, -0.1) is 11.3 Å². The Labute approximate surface area is 157 Å². The van der Waals surface area contributed by atoms with Gasteiger partial charge in [-0.25, -0.2) is 9.97 Å². The van der Waals surface area contributed by atoms with E-state index in [1.54, 1.807) is 29.9 Å². The summed E-state index contributed by atoms with van der Waals surface area (Å²) in [5.74, 6) is 2.10. The quantitative estimate of drug-likeness (QED) is 0.742. The van der Waals surface area contributed by atoms with E-state index in [0.717, 1.165) is 55.4 Å². The van der Waals surface area contributed by atoms with Gasteiger partial charge < -0.3 is 5.32 Å². The molecule has 3 aromatic rings. The lowest BCUT2D eigenvalue weighted by Crippen LogP contribution is -2.32. The van der Waals surface area contributed by atoms with Crippen LogP contribution in [0.4, 0.5) is 11.6 Å². The highest BCUT2D eigenvalue weighted by Crippen LogP contribution is 2.32. The molecular weight excluding hydrogens is 344 g/mol. The number of nitrogens with zero attached hydrogens (tertiary/aromatic N) is 5. The van der Waals surface area contributed by atoms with E-state index in [2.05, 4.69) is 30.2 Å². The SMILES string of the molecule is Cc1cccnc1Nc1nccnc1C1CCN(Cc2cncs2)CC1. The standard InChI is InChI=1S/C19H22N6S/c1-14-3-2-6-22-18(14)24-19-17(21-7-8-23-19)15-4-9-25(10-5-15)12-16-11-20-13-26-16/h2-3,6-8,11,13,15H,4-5,9-10,12H2,1H3,(H,22,23,24). The van der Waals surface area contributed by atoms with E-state index in [9.17, 15) is 0 Å². The molecule has 26 heavy (non-hydrogen) atoms. The van der Waals surface area contributed by atoms with Crippen molar-refractivity contribution in [2.24, 2.45) is 0 Å². The van der Waals surface area contributed by atoms with Gasteiger partial charge in [-0.2, -0.15) is 0 Å². The molecule has 0 aliphatic carbocycles. The van der Waals surface area contributed by atoms with Crippen molar-refractivity contribution in [3.63, 3.8) is 0 Å². The lowest BCUT2D eigenvalue weighted by atomic mass is 9.93. The van der Waals surface area contributed by atoms with Crippen LogP contribution < -0.4 is 5.32 Å². The summed E-state index contributed by atoms with van der Waals surface area (Å²) in [7, 11) is 0. The van der Waals surface area contributed by atoms with Crippen LogP contribution in [0.3, 0.4) is 0 Å². The maximum atomic E-state index is 4.65. The second-order valence-corrected chi connectivity index (χ2v) is 7.57. The number of hydrogen-bond donors (Lipinski definition) is 1. The minimum Gasteiger partial charge on any atom is -0.323 e. The zero-order valence-electron chi connectivity index (χ0n) is 14.8. The summed E-state index contributed by atoms with van der Waals surface area (Å²) in [6.07, 6.45) is 9.47. The number of likely N-dealkylation sites (tertiary alicyclic amines) is 1. The van der Waals surface area contributed by atoms with E-state index in [4.69, 9.17) is 0 Å². The second kappa shape index (κ2) is 7.88. The third-order valence-electron chi connectivity index (χ3n) is 4.81. The van der Waals surface area contributed by atoms with Crippen LogP contribution in [-0.2, 0) is 6.54 Å². The Morgan fingerprint density at radius 3 is 2.69 bits per heavy atom. The Kier molecular flexibility index (Phi) is 5.17. The van der Waals surface area contributed by atoms with Gasteiger partial charge in [0.1, 0.15) is 5.82 Å². The first kappa shape index (κ1) is 17.1. The Morgan fingerprint density at radius 2 is 1.92 bits per heavy atom. The number of aryl methyl sites for hydroxylation is 1. The number of thiazole rings is 1. The Morgan fingerprint density at radius 1 is 1.12 bits per heavy atom. The number of aromatic nitrogens is 4. The van der Waals surface area contributed by atoms with Gasteiger partial charge in [-0.05, 0) is 44.5 Å². The van der Waals surface area contributed by atoms with Crippen molar-refractivity contribution < 1.29 is 0 Å². The van der Waals surface area contributed by atoms with Crippen LogP contribution in [0, 0.1) is 6.92 Å². The number of pyridine rings is 1. The molecule has 0 saturated carbocycles. The van der Waals surface area contributed by atoms with E-state index in [0.29, 0.717) is 5.92 Å². The van der Waals surface area contributed by atoms with Gasteiger partial charge in [0.2, 0.25) is 0 Å². The number of hydrogen-bond acceptors (Lipinski definition) is 7. The summed E-state index contributed by atoms with van der Waals surface area (Å²) in [4.78, 5) is 21.6.